The Morgan fingerprint density at radius 2 is 1.73 bits per heavy atom. The molecule has 8 heteroatoms. The normalized spacial score (nSPS) is 11.1. The molecule has 1 amide bonds. The molecule has 164 valence electrons. The molecule has 3 aromatic carbocycles. The molecule has 0 saturated heterocycles. The molecular weight excluding hydrogens is 436 g/mol. The third-order valence-corrected chi connectivity index (χ3v) is 6.19. The largest absolute Gasteiger partial charge is 0.492 e. The standard InChI is InChI=1S/C25H20N4O3S/c1-2-32-21-13-7-6-12-20(21)29(25-27-19-11-5-8-14-22(19)33-25)23(30)15-28-16-26-18-10-4-3-9-17(18)24(28)31/h3-14,16H,2,15H2,1H3. The van der Waals surface area contributed by atoms with E-state index < -0.39 is 0 Å². The van der Waals surface area contributed by atoms with Crippen LogP contribution in [0, 0.1) is 0 Å². The molecule has 0 fully saturated rings. The van der Waals surface area contributed by atoms with Crippen molar-refractivity contribution in [1.29, 1.82) is 0 Å². The Hall–Kier alpha value is -4.04. The van der Waals surface area contributed by atoms with Gasteiger partial charge in [-0.2, -0.15) is 0 Å². The van der Waals surface area contributed by atoms with Crippen LogP contribution in [0.3, 0.4) is 0 Å². The van der Waals surface area contributed by atoms with Crippen LogP contribution >= 0.6 is 11.3 Å². The van der Waals surface area contributed by atoms with E-state index >= 15 is 0 Å². The summed E-state index contributed by atoms with van der Waals surface area (Å²) in [6.07, 6.45) is 1.41. The molecule has 0 radical (unpaired) electrons. The fraction of sp³-hybridized carbons (Fsp3) is 0.120. The minimum absolute atomic E-state index is 0.187. The third-order valence-electron chi connectivity index (χ3n) is 5.17. The van der Waals surface area contributed by atoms with E-state index in [-0.39, 0.29) is 18.0 Å². The number of fused-ring (bicyclic) bond motifs is 2. The van der Waals surface area contributed by atoms with E-state index in [1.807, 2.05) is 61.5 Å². The molecule has 7 nitrogen and oxygen atoms in total. The number of ether oxygens (including phenoxy) is 1. The molecular formula is C25H20N4O3S. The second-order valence-corrected chi connectivity index (χ2v) is 8.30. The smallest absolute Gasteiger partial charge is 0.261 e. The Labute approximate surface area is 193 Å². The molecule has 0 unspecified atom stereocenters. The van der Waals surface area contributed by atoms with Gasteiger partial charge in [0.1, 0.15) is 12.3 Å². The topological polar surface area (TPSA) is 77.3 Å². The highest BCUT2D eigenvalue weighted by atomic mass is 32.1. The molecule has 33 heavy (non-hydrogen) atoms. The first kappa shape index (κ1) is 20.8. The highest BCUT2D eigenvalue weighted by Gasteiger charge is 2.25. The fourth-order valence-electron chi connectivity index (χ4n) is 3.65. The van der Waals surface area contributed by atoms with Gasteiger partial charge < -0.3 is 4.74 Å². The quantitative estimate of drug-likeness (QED) is 0.368. The van der Waals surface area contributed by atoms with Crippen molar-refractivity contribution < 1.29 is 9.53 Å². The van der Waals surface area contributed by atoms with E-state index in [1.165, 1.54) is 27.1 Å². The first-order chi connectivity index (χ1) is 16.2. The summed E-state index contributed by atoms with van der Waals surface area (Å²) >= 11 is 1.41. The summed E-state index contributed by atoms with van der Waals surface area (Å²) in [7, 11) is 0. The lowest BCUT2D eigenvalue weighted by molar-refractivity contribution is -0.118. The molecule has 2 heterocycles. The van der Waals surface area contributed by atoms with Gasteiger partial charge in [-0.25, -0.2) is 9.97 Å². The number of hydrogen-bond acceptors (Lipinski definition) is 6. The summed E-state index contributed by atoms with van der Waals surface area (Å²) in [4.78, 5) is 37.2. The van der Waals surface area contributed by atoms with Gasteiger partial charge in [-0.3, -0.25) is 19.1 Å². The number of nitrogens with zero attached hydrogens (tertiary/aromatic N) is 4. The molecule has 0 atom stereocenters. The number of para-hydroxylation sites is 4. The van der Waals surface area contributed by atoms with Crippen LogP contribution in [0.15, 0.2) is 83.9 Å². The summed E-state index contributed by atoms with van der Waals surface area (Å²) in [5.41, 5.74) is 1.70. The van der Waals surface area contributed by atoms with E-state index in [1.54, 1.807) is 18.2 Å². The van der Waals surface area contributed by atoms with Crippen LogP contribution in [0.4, 0.5) is 10.8 Å². The predicted octanol–water partition coefficient (Wildman–Crippen LogP) is 4.77. The Balaban J connectivity index is 1.61. The molecule has 2 aromatic heterocycles. The zero-order valence-electron chi connectivity index (χ0n) is 17.8. The van der Waals surface area contributed by atoms with E-state index in [0.29, 0.717) is 34.1 Å². The number of rotatable bonds is 6. The van der Waals surface area contributed by atoms with Crippen LogP contribution in [0.25, 0.3) is 21.1 Å². The van der Waals surface area contributed by atoms with Gasteiger partial charge in [0.15, 0.2) is 5.13 Å². The van der Waals surface area contributed by atoms with Crippen molar-refractivity contribution in [3.05, 3.63) is 89.5 Å². The van der Waals surface area contributed by atoms with Gasteiger partial charge in [0, 0.05) is 0 Å². The monoisotopic (exact) mass is 456 g/mol. The highest BCUT2D eigenvalue weighted by Crippen LogP contribution is 2.38. The molecule has 0 aliphatic heterocycles. The summed E-state index contributed by atoms with van der Waals surface area (Å²) in [5, 5.41) is 0.976. The van der Waals surface area contributed by atoms with Crippen molar-refractivity contribution in [2.75, 3.05) is 11.5 Å². The minimum Gasteiger partial charge on any atom is -0.492 e. The summed E-state index contributed by atoms with van der Waals surface area (Å²) in [5.74, 6) is 0.247. The average molecular weight is 457 g/mol. The maximum Gasteiger partial charge on any atom is 0.261 e. The highest BCUT2D eigenvalue weighted by molar-refractivity contribution is 7.22. The van der Waals surface area contributed by atoms with Crippen molar-refractivity contribution in [2.45, 2.75) is 13.5 Å². The lowest BCUT2D eigenvalue weighted by Gasteiger charge is -2.23. The van der Waals surface area contributed by atoms with Crippen LogP contribution in [0.5, 0.6) is 5.75 Å². The van der Waals surface area contributed by atoms with Crippen molar-refractivity contribution in [3.8, 4) is 5.75 Å². The number of amides is 1. The molecule has 0 spiro atoms. The van der Waals surface area contributed by atoms with Gasteiger partial charge in [-0.05, 0) is 43.3 Å². The van der Waals surface area contributed by atoms with Gasteiger partial charge in [-0.15, -0.1) is 0 Å². The number of anilines is 2. The number of carbonyl (C=O) groups excluding carboxylic acids is 1. The second kappa shape index (κ2) is 8.84. The van der Waals surface area contributed by atoms with Gasteiger partial charge in [-0.1, -0.05) is 47.7 Å². The maximum atomic E-state index is 13.7. The Kier molecular flexibility index (Phi) is 5.58. The van der Waals surface area contributed by atoms with E-state index in [4.69, 9.17) is 9.72 Å². The zero-order chi connectivity index (χ0) is 22.8. The number of aromatic nitrogens is 3. The summed E-state index contributed by atoms with van der Waals surface area (Å²) < 4.78 is 8.09. The number of benzene rings is 3. The molecule has 0 aliphatic carbocycles. The summed E-state index contributed by atoms with van der Waals surface area (Å²) in [6.45, 7) is 2.15. The molecule has 5 aromatic rings. The first-order valence-corrected chi connectivity index (χ1v) is 11.3. The van der Waals surface area contributed by atoms with Gasteiger partial charge >= 0.3 is 0 Å². The molecule has 0 saturated carbocycles. The van der Waals surface area contributed by atoms with Crippen LogP contribution in [0.1, 0.15) is 6.92 Å². The zero-order valence-corrected chi connectivity index (χ0v) is 18.7. The average Bonchev–Trinajstić information content (AvgIpc) is 3.26. The second-order valence-electron chi connectivity index (χ2n) is 7.29. The lowest BCUT2D eigenvalue weighted by Crippen LogP contribution is -2.34. The van der Waals surface area contributed by atoms with Crippen molar-refractivity contribution in [1.82, 2.24) is 14.5 Å². The first-order valence-electron chi connectivity index (χ1n) is 10.5. The SMILES string of the molecule is CCOc1ccccc1N(C(=O)Cn1cnc2ccccc2c1=O)c1nc2ccccc2s1. The van der Waals surface area contributed by atoms with Crippen molar-refractivity contribution >= 4 is 49.2 Å². The number of thiazole rings is 1. The fourth-order valence-corrected chi connectivity index (χ4v) is 4.65. The van der Waals surface area contributed by atoms with E-state index in [9.17, 15) is 9.59 Å². The molecule has 0 N–H and O–H groups in total. The Morgan fingerprint density at radius 1 is 1.00 bits per heavy atom. The molecule has 0 bridgehead atoms. The van der Waals surface area contributed by atoms with E-state index in [2.05, 4.69) is 4.98 Å². The third kappa shape index (κ3) is 3.96. The van der Waals surface area contributed by atoms with Gasteiger partial charge in [0.25, 0.3) is 11.5 Å². The van der Waals surface area contributed by atoms with Crippen molar-refractivity contribution in [2.24, 2.45) is 0 Å². The Bertz CT molecular complexity index is 1490. The molecule has 0 aliphatic rings. The van der Waals surface area contributed by atoms with E-state index in [0.717, 1.165) is 10.2 Å². The minimum atomic E-state index is -0.319. The van der Waals surface area contributed by atoms with Crippen molar-refractivity contribution in [3.63, 3.8) is 0 Å². The molecule has 5 rings (SSSR count). The number of carbonyl (C=O) groups is 1. The van der Waals surface area contributed by atoms with Crippen LogP contribution in [-0.2, 0) is 11.3 Å². The van der Waals surface area contributed by atoms with Gasteiger partial charge in [0.2, 0.25) is 0 Å². The number of hydrogen-bond donors (Lipinski definition) is 0. The maximum absolute atomic E-state index is 13.7. The predicted molar refractivity (Wildman–Crippen MR) is 130 cm³/mol. The van der Waals surface area contributed by atoms with Crippen LogP contribution in [-0.4, -0.2) is 27.0 Å². The lowest BCUT2D eigenvalue weighted by atomic mass is 10.2. The van der Waals surface area contributed by atoms with Gasteiger partial charge in [0.05, 0.1) is 39.7 Å². The summed E-state index contributed by atoms with van der Waals surface area (Å²) in [6, 6.07) is 22.1. The van der Waals surface area contributed by atoms with Crippen LogP contribution in [0.2, 0.25) is 0 Å². The van der Waals surface area contributed by atoms with Crippen LogP contribution < -0.4 is 15.2 Å². The Morgan fingerprint density at radius 3 is 2.55 bits per heavy atom.